The summed E-state index contributed by atoms with van der Waals surface area (Å²) in [5.41, 5.74) is 6.71. The molecule has 1 amide bonds. The Morgan fingerprint density at radius 2 is 1.95 bits per heavy atom. The minimum absolute atomic E-state index is 0.0452. The average Bonchev–Trinajstić information content (AvgIpc) is 3.32. The number of hydrogen-bond donors (Lipinski definition) is 0. The molecule has 6 rings (SSSR count). The van der Waals surface area contributed by atoms with Crippen LogP contribution in [-0.2, 0) is 28.9 Å². The number of allylic oxidation sites excluding steroid dienone is 3. The Labute approximate surface area is 228 Å². The number of aromatic nitrogens is 2. The molecule has 0 radical (unpaired) electrons. The van der Waals surface area contributed by atoms with Crippen molar-refractivity contribution >= 4 is 23.0 Å². The van der Waals surface area contributed by atoms with Gasteiger partial charge in [0.15, 0.2) is 5.82 Å². The number of amides is 1. The first-order chi connectivity index (χ1) is 18.8. The number of benzene rings is 1. The van der Waals surface area contributed by atoms with Gasteiger partial charge in [0.1, 0.15) is 0 Å². The maximum Gasteiger partial charge on any atom is 0.264 e. The molecule has 0 atom stereocenters. The van der Waals surface area contributed by atoms with Crippen LogP contribution in [0.25, 0.3) is 5.57 Å². The van der Waals surface area contributed by atoms with Crippen LogP contribution in [0, 0.1) is 0 Å². The summed E-state index contributed by atoms with van der Waals surface area (Å²) in [6.45, 7) is 7.61. The highest BCUT2D eigenvalue weighted by atomic mass is 19.3. The smallest absolute Gasteiger partial charge is 0.264 e. The maximum absolute atomic E-state index is 14.6. The van der Waals surface area contributed by atoms with Crippen molar-refractivity contribution in [2.24, 2.45) is 0 Å². The van der Waals surface area contributed by atoms with Gasteiger partial charge in [0.2, 0.25) is 5.91 Å². The van der Waals surface area contributed by atoms with Crippen LogP contribution in [0.4, 0.5) is 20.3 Å². The van der Waals surface area contributed by atoms with E-state index in [4.69, 9.17) is 9.84 Å². The topological polar surface area (TPSA) is 53.8 Å². The number of halogens is 2. The van der Waals surface area contributed by atoms with E-state index < -0.39 is 6.43 Å². The molecule has 1 aromatic heterocycles. The molecule has 1 fully saturated rings. The molecular weight excluding hydrogens is 500 g/mol. The van der Waals surface area contributed by atoms with Crippen molar-refractivity contribution in [3.05, 3.63) is 57.9 Å². The number of anilines is 2. The van der Waals surface area contributed by atoms with E-state index >= 15 is 0 Å². The largest absolute Gasteiger partial charge is 0.381 e. The molecule has 9 heteroatoms. The summed E-state index contributed by atoms with van der Waals surface area (Å²) in [6, 6.07) is 3.93. The van der Waals surface area contributed by atoms with Gasteiger partial charge in [-0.2, -0.15) is 5.10 Å². The van der Waals surface area contributed by atoms with Crippen LogP contribution in [-0.4, -0.2) is 65.4 Å². The van der Waals surface area contributed by atoms with Gasteiger partial charge in [-0.1, -0.05) is 6.08 Å². The quantitative estimate of drug-likeness (QED) is 0.523. The van der Waals surface area contributed by atoms with Crippen molar-refractivity contribution < 1.29 is 18.3 Å². The molecule has 5 heterocycles. The van der Waals surface area contributed by atoms with Gasteiger partial charge in [0.05, 0.1) is 12.6 Å². The van der Waals surface area contributed by atoms with E-state index in [9.17, 15) is 13.6 Å². The molecule has 1 saturated heterocycles. The maximum atomic E-state index is 14.6. The number of fused-ring (bicyclic) bond motifs is 2. The molecule has 0 N–H and O–H groups in total. The first-order valence-electron chi connectivity index (χ1n) is 14.1. The molecule has 0 saturated carbocycles. The first kappa shape index (κ1) is 26.0. The number of carbonyl (C=O) groups excluding carboxylic acids is 1. The SMILES string of the molecule is CC(=O)N1CCc2c(c(N3CCCc4cc(C5=CCN(C)C(C)=C5)c(C(F)F)cc43)nn2C2CCOCC2)C1. The van der Waals surface area contributed by atoms with Gasteiger partial charge < -0.3 is 19.4 Å². The molecule has 208 valence electrons. The number of likely N-dealkylation sites (N-methyl/N-ethyl adjacent to an activating group) is 1. The summed E-state index contributed by atoms with van der Waals surface area (Å²) in [6.07, 6.45) is 5.73. The molecular formula is C30H37F2N5O2. The highest BCUT2D eigenvalue weighted by Crippen LogP contribution is 2.43. The zero-order valence-corrected chi connectivity index (χ0v) is 23.1. The molecule has 4 aliphatic rings. The third kappa shape index (κ3) is 4.75. The number of nitrogens with zero attached hydrogens (tertiary/aromatic N) is 5. The van der Waals surface area contributed by atoms with Gasteiger partial charge >= 0.3 is 0 Å². The fourth-order valence-corrected chi connectivity index (χ4v) is 6.41. The van der Waals surface area contributed by atoms with Crippen LogP contribution >= 0.6 is 0 Å². The first-order valence-corrected chi connectivity index (χ1v) is 14.1. The van der Waals surface area contributed by atoms with E-state index in [1.807, 2.05) is 37.1 Å². The molecule has 2 aromatic rings. The lowest BCUT2D eigenvalue weighted by molar-refractivity contribution is -0.129. The number of rotatable bonds is 4. The van der Waals surface area contributed by atoms with Crippen LogP contribution in [0.5, 0.6) is 0 Å². The van der Waals surface area contributed by atoms with Crippen molar-refractivity contribution in [2.45, 2.75) is 65.0 Å². The van der Waals surface area contributed by atoms with Crippen molar-refractivity contribution in [1.82, 2.24) is 19.6 Å². The molecule has 0 spiro atoms. The number of alkyl halides is 2. The van der Waals surface area contributed by atoms with E-state index in [1.165, 1.54) is 5.69 Å². The lowest BCUT2D eigenvalue weighted by atomic mass is 9.90. The molecule has 0 aliphatic carbocycles. The van der Waals surface area contributed by atoms with E-state index in [1.54, 1.807) is 13.0 Å². The van der Waals surface area contributed by atoms with Gasteiger partial charge in [0.25, 0.3) is 6.43 Å². The van der Waals surface area contributed by atoms with E-state index in [0.717, 1.165) is 66.0 Å². The predicted molar refractivity (Wildman–Crippen MR) is 147 cm³/mol. The minimum Gasteiger partial charge on any atom is -0.381 e. The molecule has 1 aromatic carbocycles. The standard InChI is InChI=1S/C30H37F2N5O2/c1-19-15-21(6-11-34(19)3)24-16-22-5-4-10-36(28(22)17-25(24)29(31)32)30-26-18-35(20(2)38)12-7-27(26)37(33-30)23-8-13-39-14-9-23/h6,15-17,23,29H,4-5,7-14,18H2,1-3H3. The Morgan fingerprint density at radius 3 is 2.67 bits per heavy atom. The van der Waals surface area contributed by atoms with Gasteiger partial charge in [-0.25, -0.2) is 8.78 Å². The summed E-state index contributed by atoms with van der Waals surface area (Å²) in [5.74, 6) is 0.856. The summed E-state index contributed by atoms with van der Waals surface area (Å²) in [4.78, 5) is 18.4. The minimum atomic E-state index is -2.59. The van der Waals surface area contributed by atoms with E-state index in [-0.39, 0.29) is 17.5 Å². The fourth-order valence-electron chi connectivity index (χ4n) is 6.41. The predicted octanol–water partition coefficient (Wildman–Crippen LogP) is 5.39. The van der Waals surface area contributed by atoms with E-state index in [0.29, 0.717) is 45.0 Å². The monoisotopic (exact) mass is 537 g/mol. The second kappa shape index (κ2) is 10.4. The Hall–Kier alpha value is -3.20. The van der Waals surface area contributed by atoms with Gasteiger partial charge in [-0.3, -0.25) is 9.48 Å². The third-order valence-electron chi connectivity index (χ3n) is 8.77. The second-order valence-corrected chi connectivity index (χ2v) is 11.2. The zero-order chi connectivity index (χ0) is 27.3. The summed E-state index contributed by atoms with van der Waals surface area (Å²) < 4.78 is 36.9. The number of ether oxygens (including phenoxy) is 1. The molecule has 7 nitrogen and oxygen atoms in total. The van der Waals surface area contributed by atoms with Crippen molar-refractivity contribution in [1.29, 1.82) is 0 Å². The Kier molecular flexibility index (Phi) is 6.95. The highest BCUT2D eigenvalue weighted by molar-refractivity contribution is 5.82. The fraction of sp³-hybridized carbons (Fsp3) is 0.533. The lowest BCUT2D eigenvalue weighted by Crippen LogP contribution is -2.36. The summed E-state index contributed by atoms with van der Waals surface area (Å²) >= 11 is 0. The van der Waals surface area contributed by atoms with Crippen molar-refractivity contribution in [3.63, 3.8) is 0 Å². The van der Waals surface area contributed by atoms with Crippen molar-refractivity contribution in [3.8, 4) is 0 Å². The summed E-state index contributed by atoms with van der Waals surface area (Å²) in [5, 5.41) is 5.17. The molecule has 39 heavy (non-hydrogen) atoms. The number of aryl methyl sites for hydroxylation is 1. The van der Waals surface area contributed by atoms with Crippen LogP contribution in [0.3, 0.4) is 0 Å². The van der Waals surface area contributed by atoms with Crippen molar-refractivity contribution in [2.75, 3.05) is 44.8 Å². The average molecular weight is 538 g/mol. The third-order valence-corrected chi connectivity index (χ3v) is 8.77. The number of hydrogen-bond acceptors (Lipinski definition) is 5. The molecule has 4 aliphatic heterocycles. The normalized spacial score (nSPS) is 20.1. The lowest BCUT2D eigenvalue weighted by Gasteiger charge is -2.33. The van der Waals surface area contributed by atoms with Crippen LogP contribution in [0.15, 0.2) is 30.0 Å². The number of carbonyl (C=O) groups is 1. The molecule has 0 unspecified atom stereocenters. The van der Waals surface area contributed by atoms with Gasteiger partial charge in [-0.15, -0.1) is 0 Å². The van der Waals surface area contributed by atoms with Crippen LogP contribution in [0.1, 0.15) is 73.5 Å². The van der Waals surface area contributed by atoms with E-state index in [2.05, 4.69) is 14.5 Å². The Morgan fingerprint density at radius 1 is 1.15 bits per heavy atom. The second-order valence-electron chi connectivity index (χ2n) is 11.2. The van der Waals surface area contributed by atoms with Gasteiger partial charge in [0, 0.05) is 81.4 Å². The van der Waals surface area contributed by atoms with Gasteiger partial charge in [-0.05, 0) is 67.5 Å². The Balaban J connectivity index is 1.45. The van der Waals surface area contributed by atoms with Crippen LogP contribution in [0.2, 0.25) is 0 Å². The summed E-state index contributed by atoms with van der Waals surface area (Å²) in [7, 11) is 2.01. The highest BCUT2D eigenvalue weighted by Gasteiger charge is 2.34. The molecule has 0 bridgehead atoms. The Bertz CT molecular complexity index is 1340. The zero-order valence-electron chi connectivity index (χ0n) is 23.1. The van der Waals surface area contributed by atoms with Crippen LogP contribution < -0.4 is 4.90 Å².